The summed E-state index contributed by atoms with van der Waals surface area (Å²) in [5.74, 6) is 0.809. The van der Waals surface area contributed by atoms with E-state index in [1.165, 1.54) is 0 Å². The molecule has 3 aromatic rings. The number of hydrogen-bond donors (Lipinski definition) is 1. The van der Waals surface area contributed by atoms with E-state index in [0.717, 1.165) is 34.3 Å². The molecule has 0 spiro atoms. The Morgan fingerprint density at radius 1 is 1.32 bits per heavy atom. The van der Waals surface area contributed by atoms with Gasteiger partial charge >= 0.3 is 0 Å². The first-order valence-electron chi connectivity index (χ1n) is 8.48. The minimum atomic E-state index is 0.0121. The van der Waals surface area contributed by atoms with Gasteiger partial charge in [-0.1, -0.05) is 32.6 Å². The maximum absolute atomic E-state index is 12.1. The second-order valence-corrected chi connectivity index (χ2v) is 6.15. The van der Waals surface area contributed by atoms with Crippen LogP contribution in [0.25, 0.3) is 22.6 Å². The van der Waals surface area contributed by atoms with Crippen molar-refractivity contribution in [2.24, 2.45) is 0 Å². The van der Waals surface area contributed by atoms with Crippen LogP contribution >= 0.6 is 0 Å². The summed E-state index contributed by atoms with van der Waals surface area (Å²) in [5.41, 5.74) is 4.94. The van der Waals surface area contributed by atoms with Crippen LogP contribution in [-0.4, -0.2) is 10.8 Å². The average molecular weight is 334 g/mol. The predicted octanol–water partition coefficient (Wildman–Crippen LogP) is 5.77. The summed E-state index contributed by atoms with van der Waals surface area (Å²) in [5, 5.41) is 3.16. The zero-order chi connectivity index (χ0) is 18.0. The number of nitrogens with zero attached hydrogens (tertiary/aromatic N) is 1. The number of nitrogens with one attached hydrogen (secondary N) is 1. The molecule has 4 heteroatoms. The van der Waals surface area contributed by atoms with E-state index in [0.29, 0.717) is 11.5 Å². The molecule has 0 radical (unpaired) electrons. The van der Waals surface area contributed by atoms with Crippen LogP contribution in [0.1, 0.15) is 49.0 Å². The maximum Gasteiger partial charge on any atom is 0.227 e. The second kappa shape index (κ2) is 6.93. The third-order valence-corrected chi connectivity index (χ3v) is 4.50. The van der Waals surface area contributed by atoms with Crippen LogP contribution in [0, 0.1) is 0 Å². The van der Waals surface area contributed by atoms with E-state index in [9.17, 15) is 4.79 Å². The molecular weight excluding hydrogens is 312 g/mol. The zero-order valence-corrected chi connectivity index (χ0v) is 14.8. The number of Topliss-reactive ketones (excluding diaryl/α,β-unsaturated/α-hetero) is 1. The van der Waals surface area contributed by atoms with Crippen molar-refractivity contribution >= 4 is 22.6 Å². The van der Waals surface area contributed by atoms with Crippen molar-refractivity contribution in [1.82, 2.24) is 4.98 Å². The smallest absolute Gasteiger partial charge is 0.227 e. The van der Waals surface area contributed by atoms with Crippen LogP contribution in [0.3, 0.4) is 0 Å². The van der Waals surface area contributed by atoms with Gasteiger partial charge in [0.1, 0.15) is 5.52 Å². The minimum absolute atomic E-state index is 0.0121. The van der Waals surface area contributed by atoms with Gasteiger partial charge in [0.25, 0.3) is 0 Å². The molecule has 1 aromatic heterocycles. The van der Waals surface area contributed by atoms with Crippen LogP contribution in [0.15, 0.2) is 53.6 Å². The molecule has 0 bridgehead atoms. The summed E-state index contributed by atoms with van der Waals surface area (Å²) in [7, 11) is 0. The highest BCUT2D eigenvalue weighted by molar-refractivity contribution is 6.01. The van der Waals surface area contributed by atoms with Gasteiger partial charge in [0.15, 0.2) is 11.4 Å². The van der Waals surface area contributed by atoms with Crippen molar-refractivity contribution in [3.05, 3.63) is 60.3 Å². The fourth-order valence-electron chi connectivity index (χ4n) is 3.06. The molecule has 1 atom stereocenters. The van der Waals surface area contributed by atoms with Crippen molar-refractivity contribution in [1.29, 1.82) is 0 Å². The van der Waals surface area contributed by atoms with Crippen molar-refractivity contribution in [2.45, 2.75) is 33.1 Å². The van der Waals surface area contributed by atoms with E-state index < -0.39 is 0 Å². The van der Waals surface area contributed by atoms with E-state index in [-0.39, 0.29) is 11.7 Å². The highest BCUT2D eigenvalue weighted by Gasteiger charge is 2.22. The normalized spacial score (nSPS) is 12.1. The van der Waals surface area contributed by atoms with Gasteiger partial charge in [0.2, 0.25) is 5.89 Å². The lowest BCUT2D eigenvalue weighted by molar-refractivity contribution is 0.101. The Bertz CT molecular complexity index is 907. The van der Waals surface area contributed by atoms with Crippen molar-refractivity contribution in [3.8, 4) is 11.5 Å². The third kappa shape index (κ3) is 3.07. The number of ketones is 1. The van der Waals surface area contributed by atoms with Crippen LogP contribution in [-0.2, 0) is 0 Å². The highest BCUT2D eigenvalue weighted by atomic mass is 16.3. The molecule has 25 heavy (non-hydrogen) atoms. The molecule has 0 amide bonds. The number of oxazole rings is 1. The van der Waals surface area contributed by atoms with E-state index in [4.69, 9.17) is 4.42 Å². The van der Waals surface area contributed by atoms with Crippen LogP contribution in [0.5, 0.6) is 0 Å². The molecule has 3 rings (SSSR count). The quantitative estimate of drug-likeness (QED) is 0.582. The first kappa shape index (κ1) is 17.0. The largest absolute Gasteiger partial charge is 0.436 e. The third-order valence-electron chi connectivity index (χ3n) is 4.50. The summed E-state index contributed by atoms with van der Waals surface area (Å²) < 4.78 is 5.97. The van der Waals surface area contributed by atoms with E-state index in [1.807, 2.05) is 36.4 Å². The van der Waals surface area contributed by atoms with Gasteiger partial charge in [-0.05, 0) is 55.3 Å². The second-order valence-electron chi connectivity index (χ2n) is 6.15. The Morgan fingerprint density at radius 2 is 2.08 bits per heavy atom. The number of anilines is 1. The SMILES string of the molecule is C=CNc1c(C(C)=O)ccc(-c2nc3ccccc3o2)c1C(C)CC. The molecule has 0 saturated carbocycles. The first-order chi connectivity index (χ1) is 12.1. The average Bonchev–Trinajstić information content (AvgIpc) is 3.04. The Morgan fingerprint density at radius 3 is 2.72 bits per heavy atom. The maximum atomic E-state index is 12.1. The van der Waals surface area contributed by atoms with Gasteiger partial charge in [-0.15, -0.1) is 0 Å². The number of hydrogen-bond acceptors (Lipinski definition) is 4. The number of fused-ring (bicyclic) bond motifs is 1. The summed E-state index contributed by atoms with van der Waals surface area (Å²) in [6.45, 7) is 9.59. The van der Waals surface area contributed by atoms with E-state index in [2.05, 4.69) is 30.7 Å². The lowest BCUT2D eigenvalue weighted by Gasteiger charge is -2.20. The zero-order valence-electron chi connectivity index (χ0n) is 14.8. The highest BCUT2D eigenvalue weighted by Crippen LogP contribution is 2.39. The number of para-hydroxylation sites is 2. The summed E-state index contributed by atoms with van der Waals surface area (Å²) in [4.78, 5) is 16.7. The number of carbonyl (C=O) groups is 1. The summed E-state index contributed by atoms with van der Waals surface area (Å²) in [6.07, 6.45) is 2.53. The van der Waals surface area contributed by atoms with E-state index in [1.54, 1.807) is 13.1 Å². The molecule has 0 aliphatic heterocycles. The topological polar surface area (TPSA) is 55.1 Å². The Kier molecular flexibility index (Phi) is 4.70. The summed E-state index contributed by atoms with van der Waals surface area (Å²) >= 11 is 0. The first-order valence-corrected chi connectivity index (χ1v) is 8.48. The lowest BCUT2D eigenvalue weighted by Crippen LogP contribution is -2.07. The Hall–Kier alpha value is -2.88. The summed E-state index contributed by atoms with van der Waals surface area (Å²) in [6, 6.07) is 11.4. The molecular formula is C21H22N2O2. The van der Waals surface area contributed by atoms with E-state index >= 15 is 0 Å². The molecule has 2 aromatic carbocycles. The van der Waals surface area contributed by atoms with Gasteiger partial charge in [-0.25, -0.2) is 4.98 Å². The molecule has 0 fully saturated rings. The fraction of sp³-hybridized carbons (Fsp3) is 0.238. The van der Waals surface area contributed by atoms with Gasteiger partial charge in [-0.3, -0.25) is 4.79 Å². The standard InChI is InChI=1S/C21H22N2O2/c1-5-13(3)19-16(12-11-15(14(4)24)20(19)22-6-2)21-23-17-9-7-8-10-18(17)25-21/h6-13,22H,2,5H2,1,3-4H3. The molecule has 0 aliphatic carbocycles. The van der Waals surface area contributed by atoms with Crippen LogP contribution in [0.4, 0.5) is 5.69 Å². The number of carbonyl (C=O) groups excluding carboxylic acids is 1. The van der Waals surface area contributed by atoms with Crippen molar-refractivity contribution < 1.29 is 9.21 Å². The lowest BCUT2D eigenvalue weighted by atomic mass is 9.88. The molecule has 0 aliphatic rings. The fourth-order valence-corrected chi connectivity index (χ4v) is 3.06. The van der Waals surface area contributed by atoms with Crippen molar-refractivity contribution in [3.63, 3.8) is 0 Å². The number of aromatic nitrogens is 1. The Labute approximate surface area is 147 Å². The molecule has 0 saturated heterocycles. The molecule has 1 heterocycles. The van der Waals surface area contributed by atoms with Crippen molar-refractivity contribution in [2.75, 3.05) is 5.32 Å². The van der Waals surface area contributed by atoms with Gasteiger partial charge in [0, 0.05) is 11.1 Å². The minimum Gasteiger partial charge on any atom is -0.436 e. The van der Waals surface area contributed by atoms with Crippen LogP contribution < -0.4 is 5.32 Å². The Balaban J connectivity index is 2.29. The molecule has 1 N–H and O–H groups in total. The van der Waals surface area contributed by atoms with Crippen LogP contribution in [0.2, 0.25) is 0 Å². The molecule has 1 unspecified atom stereocenters. The predicted molar refractivity (Wildman–Crippen MR) is 102 cm³/mol. The van der Waals surface area contributed by atoms with Gasteiger partial charge in [-0.2, -0.15) is 0 Å². The van der Waals surface area contributed by atoms with Gasteiger partial charge in [0.05, 0.1) is 5.69 Å². The monoisotopic (exact) mass is 334 g/mol. The van der Waals surface area contributed by atoms with Gasteiger partial charge < -0.3 is 9.73 Å². The number of benzene rings is 2. The number of rotatable bonds is 6. The molecule has 128 valence electrons. The molecule has 4 nitrogen and oxygen atoms in total.